The van der Waals surface area contributed by atoms with Crippen molar-refractivity contribution >= 4 is 10.8 Å². The molecular weight excluding hydrogens is 360 g/mol. The maximum absolute atomic E-state index is 3.84. The topological polar surface area (TPSA) is 0 Å². The van der Waals surface area contributed by atoms with E-state index in [1.165, 1.54) is 92.5 Å². The second kappa shape index (κ2) is 10.7. The maximum atomic E-state index is 3.84. The molecule has 0 nitrogen and oxygen atoms in total. The Hall–Kier alpha value is -1.56. The average molecular weight is 403 g/mol. The van der Waals surface area contributed by atoms with Gasteiger partial charge in [-0.2, -0.15) is 0 Å². The molecule has 2 aliphatic carbocycles. The van der Waals surface area contributed by atoms with Crippen molar-refractivity contribution in [3.05, 3.63) is 60.2 Å². The van der Waals surface area contributed by atoms with Gasteiger partial charge in [0.05, 0.1) is 0 Å². The molecule has 0 unspecified atom stereocenters. The highest BCUT2D eigenvalue weighted by Crippen LogP contribution is 2.42. The molecule has 2 aliphatic rings. The Bertz CT molecular complexity index is 800. The molecule has 2 saturated carbocycles. The Morgan fingerprint density at radius 3 is 1.80 bits per heavy atom. The zero-order valence-corrected chi connectivity index (χ0v) is 19.3. The zero-order chi connectivity index (χ0) is 20.8. The molecule has 0 radical (unpaired) electrons. The SMILES string of the molecule is C=CCCc1ccc2cc(CCC3CCC(C4CCC(CC)CC4)CC3)ccc2c1. The number of fused-ring (bicyclic) bond motifs is 1. The molecule has 0 bridgehead atoms. The zero-order valence-electron chi connectivity index (χ0n) is 19.3. The predicted octanol–water partition coefficient (Wildman–Crippen LogP) is 8.91. The first-order valence-electron chi connectivity index (χ1n) is 12.9. The van der Waals surface area contributed by atoms with Crippen LogP contribution in [0.4, 0.5) is 0 Å². The summed E-state index contributed by atoms with van der Waals surface area (Å²) in [6.07, 6.45) is 20.3. The highest BCUT2D eigenvalue weighted by Gasteiger charge is 2.30. The van der Waals surface area contributed by atoms with E-state index in [1.54, 1.807) is 0 Å². The third kappa shape index (κ3) is 5.57. The first-order valence-corrected chi connectivity index (χ1v) is 12.9. The summed E-state index contributed by atoms with van der Waals surface area (Å²) in [5.74, 6) is 4.11. The van der Waals surface area contributed by atoms with E-state index in [0.717, 1.165) is 36.5 Å². The van der Waals surface area contributed by atoms with Crippen molar-refractivity contribution in [1.29, 1.82) is 0 Å². The molecule has 0 aromatic heterocycles. The van der Waals surface area contributed by atoms with Gasteiger partial charge in [0.1, 0.15) is 0 Å². The molecule has 0 heterocycles. The lowest BCUT2D eigenvalue weighted by Crippen LogP contribution is -2.25. The largest absolute Gasteiger partial charge is 0.103 e. The van der Waals surface area contributed by atoms with E-state index >= 15 is 0 Å². The van der Waals surface area contributed by atoms with Crippen LogP contribution in [0.2, 0.25) is 0 Å². The van der Waals surface area contributed by atoms with Crippen LogP contribution in [0.1, 0.15) is 88.7 Å². The minimum absolute atomic E-state index is 0.963. The van der Waals surface area contributed by atoms with Crippen molar-refractivity contribution in [2.75, 3.05) is 0 Å². The van der Waals surface area contributed by atoms with Crippen LogP contribution in [0.3, 0.4) is 0 Å². The summed E-state index contributed by atoms with van der Waals surface area (Å²) < 4.78 is 0. The van der Waals surface area contributed by atoms with Gasteiger partial charge in [0.15, 0.2) is 0 Å². The van der Waals surface area contributed by atoms with Crippen molar-refractivity contribution in [3.8, 4) is 0 Å². The molecule has 0 N–H and O–H groups in total. The number of hydrogen-bond donors (Lipinski definition) is 0. The lowest BCUT2D eigenvalue weighted by molar-refractivity contribution is 0.142. The molecule has 2 aromatic carbocycles. The van der Waals surface area contributed by atoms with Crippen LogP contribution in [-0.2, 0) is 12.8 Å². The third-order valence-electron chi connectivity index (χ3n) is 8.47. The normalized spacial score (nSPS) is 27.2. The second-order valence-corrected chi connectivity index (χ2v) is 10.4. The molecular formula is C30H42. The molecule has 162 valence electrons. The summed E-state index contributed by atoms with van der Waals surface area (Å²) in [5.41, 5.74) is 2.96. The average Bonchev–Trinajstić information content (AvgIpc) is 2.81. The smallest absolute Gasteiger partial charge is 0.0181 e. The molecule has 30 heavy (non-hydrogen) atoms. The van der Waals surface area contributed by atoms with Gasteiger partial charge in [-0.15, -0.1) is 6.58 Å². The summed E-state index contributed by atoms with van der Waals surface area (Å²) in [6.45, 7) is 6.22. The summed E-state index contributed by atoms with van der Waals surface area (Å²) in [5, 5.41) is 2.79. The monoisotopic (exact) mass is 402 g/mol. The molecule has 2 aromatic rings. The highest BCUT2D eigenvalue weighted by atomic mass is 14.4. The third-order valence-corrected chi connectivity index (χ3v) is 8.47. The number of allylic oxidation sites excluding steroid dienone is 1. The van der Waals surface area contributed by atoms with Gasteiger partial charge in [-0.3, -0.25) is 0 Å². The van der Waals surface area contributed by atoms with Gasteiger partial charge in [-0.05, 0) is 96.9 Å². The summed E-state index contributed by atoms with van der Waals surface area (Å²) in [7, 11) is 0. The van der Waals surface area contributed by atoms with Gasteiger partial charge in [0.25, 0.3) is 0 Å². The fourth-order valence-electron chi connectivity index (χ4n) is 6.31. The Labute approximate surface area is 185 Å². The Kier molecular flexibility index (Phi) is 7.69. The van der Waals surface area contributed by atoms with Crippen LogP contribution < -0.4 is 0 Å². The first-order chi connectivity index (χ1) is 14.7. The first kappa shape index (κ1) is 21.7. The van der Waals surface area contributed by atoms with Crippen LogP contribution in [-0.4, -0.2) is 0 Å². The lowest BCUT2D eigenvalue weighted by atomic mass is 9.68. The van der Waals surface area contributed by atoms with Crippen LogP contribution in [0, 0.1) is 23.7 Å². The van der Waals surface area contributed by atoms with Crippen molar-refractivity contribution in [2.45, 2.75) is 90.4 Å². The Morgan fingerprint density at radius 1 is 0.733 bits per heavy atom. The molecule has 0 heteroatoms. The number of aryl methyl sites for hydroxylation is 2. The molecule has 0 atom stereocenters. The molecule has 0 saturated heterocycles. The quantitative estimate of drug-likeness (QED) is 0.387. The minimum atomic E-state index is 0.963. The molecule has 0 spiro atoms. The van der Waals surface area contributed by atoms with Crippen molar-refractivity contribution in [3.63, 3.8) is 0 Å². The van der Waals surface area contributed by atoms with Gasteiger partial charge >= 0.3 is 0 Å². The summed E-state index contributed by atoms with van der Waals surface area (Å²) in [6, 6.07) is 14.1. The predicted molar refractivity (Wildman–Crippen MR) is 132 cm³/mol. The van der Waals surface area contributed by atoms with Gasteiger partial charge in [-0.1, -0.05) is 81.5 Å². The van der Waals surface area contributed by atoms with E-state index < -0.39 is 0 Å². The van der Waals surface area contributed by atoms with E-state index in [-0.39, 0.29) is 0 Å². The minimum Gasteiger partial charge on any atom is -0.103 e. The van der Waals surface area contributed by atoms with Gasteiger partial charge < -0.3 is 0 Å². The number of hydrogen-bond acceptors (Lipinski definition) is 0. The van der Waals surface area contributed by atoms with E-state index in [4.69, 9.17) is 0 Å². The van der Waals surface area contributed by atoms with Crippen LogP contribution in [0.15, 0.2) is 49.1 Å². The summed E-state index contributed by atoms with van der Waals surface area (Å²) >= 11 is 0. The molecule has 4 rings (SSSR count). The van der Waals surface area contributed by atoms with Crippen LogP contribution >= 0.6 is 0 Å². The maximum Gasteiger partial charge on any atom is -0.0181 e. The number of benzene rings is 2. The van der Waals surface area contributed by atoms with Crippen LogP contribution in [0.25, 0.3) is 10.8 Å². The van der Waals surface area contributed by atoms with Crippen molar-refractivity contribution in [1.82, 2.24) is 0 Å². The standard InChI is InChI=1S/C30H42/c1-3-5-6-25-13-19-30-22-26(14-20-29(30)21-25)8-7-24-11-17-28(18-12-24)27-15-9-23(4-2)10-16-27/h3,13-14,19-24,27-28H,1,4-12,15-18H2,2H3. The van der Waals surface area contributed by atoms with E-state index in [1.807, 2.05) is 6.08 Å². The van der Waals surface area contributed by atoms with E-state index in [2.05, 4.69) is 49.9 Å². The van der Waals surface area contributed by atoms with Gasteiger partial charge in [0, 0.05) is 0 Å². The Balaban J connectivity index is 1.24. The van der Waals surface area contributed by atoms with Crippen molar-refractivity contribution < 1.29 is 0 Å². The van der Waals surface area contributed by atoms with Gasteiger partial charge in [-0.25, -0.2) is 0 Å². The fraction of sp³-hybridized carbons (Fsp3) is 0.600. The number of rotatable bonds is 8. The molecule has 2 fully saturated rings. The van der Waals surface area contributed by atoms with Crippen LogP contribution in [0.5, 0.6) is 0 Å². The van der Waals surface area contributed by atoms with E-state index in [9.17, 15) is 0 Å². The van der Waals surface area contributed by atoms with Gasteiger partial charge in [0.2, 0.25) is 0 Å². The second-order valence-electron chi connectivity index (χ2n) is 10.4. The lowest BCUT2D eigenvalue weighted by Gasteiger charge is -2.37. The Morgan fingerprint density at radius 2 is 1.27 bits per heavy atom. The highest BCUT2D eigenvalue weighted by molar-refractivity contribution is 5.83. The molecule has 0 amide bonds. The fourth-order valence-corrected chi connectivity index (χ4v) is 6.31. The van der Waals surface area contributed by atoms with E-state index in [0.29, 0.717) is 0 Å². The summed E-state index contributed by atoms with van der Waals surface area (Å²) in [4.78, 5) is 0. The van der Waals surface area contributed by atoms with Crippen molar-refractivity contribution in [2.24, 2.45) is 23.7 Å². The molecule has 0 aliphatic heterocycles.